The number of carbonyl (C=O) groups excluding carboxylic acids is 2. The first kappa shape index (κ1) is 23.9. The number of aryl methyl sites for hydroxylation is 1. The lowest BCUT2D eigenvalue weighted by Gasteiger charge is -2.30. The van der Waals surface area contributed by atoms with Crippen LogP contribution in [0, 0.1) is 23.1 Å². The van der Waals surface area contributed by atoms with Crippen LogP contribution in [0.15, 0.2) is 71.9 Å². The summed E-state index contributed by atoms with van der Waals surface area (Å²) in [5, 5.41) is 6.23. The summed E-state index contributed by atoms with van der Waals surface area (Å²) in [6.07, 6.45) is 4.20. The van der Waals surface area contributed by atoms with Crippen molar-refractivity contribution in [3.63, 3.8) is 0 Å². The van der Waals surface area contributed by atoms with Crippen molar-refractivity contribution in [1.29, 1.82) is 0 Å². The van der Waals surface area contributed by atoms with Crippen LogP contribution in [0.1, 0.15) is 57.5 Å². The summed E-state index contributed by atoms with van der Waals surface area (Å²) in [5.41, 5.74) is 3.69. The van der Waals surface area contributed by atoms with E-state index in [9.17, 15) is 18.9 Å². The van der Waals surface area contributed by atoms with Gasteiger partial charge in [-0.15, -0.1) is 0 Å². The highest BCUT2D eigenvalue weighted by molar-refractivity contribution is 6.08. The van der Waals surface area contributed by atoms with Crippen LogP contribution in [0.25, 0.3) is 0 Å². The molecule has 0 bridgehead atoms. The van der Waals surface area contributed by atoms with Crippen LogP contribution in [0.3, 0.4) is 0 Å². The van der Waals surface area contributed by atoms with Crippen molar-refractivity contribution in [2.24, 2.45) is 10.6 Å². The van der Waals surface area contributed by atoms with Gasteiger partial charge in [0.15, 0.2) is 0 Å². The molecule has 0 aromatic heterocycles. The Hall–Kier alpha value is -3.87. The second-order valence-corrected chi connectivity index (χ2v) is 9.88. The molecule has 0 saturated heterocycles. The van der Waals surface area contributed by atoms with E-state index >= 15 is 0 Å². The number of carbonyl (C=O) groups is 2. The Morgan fingerprint density at radius 1 is 1.06 bits per heavy atom. The van der Waals surface area contributed by atoms with Crippen molar-refractivity contribution in [3.05, 3.63) is 99.7 Å². The van der Waals surface area contributed by atoms with Crippen LogP contribution in [0.4, 0.5) is 15.8 Å². The highest BCUT2D eigenvalue weighted by atomic mass is 19.1. The minimum absolute atomic E-state index is 0.132. The highest BCUT2D eigenvalue weighted by Crippen LogP contribution is 2.49. The van der Waals surface area contributed by atoms with Crippen molar-refractivity contribution in [1.82, 2.24) is 0 Å². The number of halogens is 1. The minimum atomic E-state index is -0.473. The van der Waals surface area contributed by atoms with Gasteiger partial charge in [-0.25, -0.2) is 4.39 Å². The maximum absolute atomic E-state index is 13.6. The Bertz CT molecular complexity index is 1320. The molecule has 1 aliphatic carbocycles. The molecule has 1 N–H and O–H groups in total. The molecule has 2 unspecified atom stereocenters. The molecule has 1 aliphatic heterocycles. The topological polar surface area (TPSA) is 78.8 Å². The Kier molecular flexibility index (Phi) is 6.39. The van der Waals surface area contributed by atoms with Gasteiger partial charge in [0.2, 0.25) is 0 Å². The molecular weight excluding hydrogens is 457 g/mol. The van der Waals surface area contributed by atoms with Crippen LogP contribution in [-0.2, 0) is 6.42 Å². The van der Waals surface area contributed by atoms with Crippen molar-refractivity contribution < 1.29 is 14.0 Å². The zero-order valence-electron chi connectivity index (χ0n) is 20.2. The lowest BCUT2D eigenvalue weighted by molar-refractivity contribution is 0.0982. The maximum Gasteiger partial charge on any atom is 0.258 e. The molecule has 184 valence electrons. The van der Waals surface area contributed by atoms with Gasteiger partial charge in [-0.05, 0) is 86.2 Å². The first-order valence-electron chi connectivity index (χ1n) is 12.3. The van der Waals surface area contributed by atoms with Crippen LogP contribution < -0.4 is 10.2 Å². The van der Waals surface area contributed by atoms with Crippen molar-refractivity contribution in [2.75, 3.05) is 16.8 Å². The molecule has 1 fully saturated rings. The summed E-state index contributed by atoms with van der Waals surface area (Å²) in [5.74, 6) is -1.02. The van der Waals surface area contributed by atoms with E-state index in [0.29, 0.717) is 23.4 Å². The second kappa shape index (κ2) is 9.64. The molecular formula is C29H28FN3O3. The molecule has 0 radical (unpaired) electrons. The van der Waals surface area contributed by atoms with Gasteiger partial charge in [0, 0.05) is 34.5 Å². The monoisotopic (exact) mass is 485 g/mol. The SMILES string of the molecule is Cc1ccc(F)cc1C(=O)Nc1ccc(C(=O)N2CCC3(CCCC3N=O)Cc3ccccc32)cc1. The number of nitrogens with zero attached hydrogens (tertiary/aromatic N) is 2. The van der Waals surface area contributed by atoms with Crippen LogP contribution in [-0.4, -0.2) is 24.4 Å². The summed E-state index contributed by atoms with van der Waals surface area (Å²) in [6.45, 7) is 2.26. The van der Waals surface area contributed by atoms with Gasteiger partial charge in [0.1, 0.15) is 5.82 Å². The molecule has 5 rings (SSSR count). The molecule has 6 nitrogen and oxygen atoms in total. The first-order valence-corrected chi connectivity index (χ1v) is 12.3. The Labute approximate surface area is 209 Å². The third-order valence-electron chi connectivity index (χ3n) is 7.72. The molecule has 3 aromatic rings. The normalized spacial score (nSPS) is 21.1. The summed E-state index contributed by atoms with van der Waals surface area (Å²) >= 11 is 0. The Morgan fingerprint density at radius 3 is 2.61 bits per heavy atom. The number of fused-ring (bicyclic) bond motifs is 1. The van der Waals surface area contributed by atoms with Crippen molar-refractivity contribution in [3.8, 4) is 0 Å². The maximum atomic E-state index is 13.6. The number of amides is 2. The summed E-state index contributed by atoms with van der Waals surface area (Å²) < 4.78 is 13.6. The van der Waals surface area contributed by atoms with Gasteiger partial charge in [0.05, 0.1) is 6.04 Å². The smallest absolute Gasteiger partial charge is 0.258 e. The van der Waals surface area contributed by atoms with Gasteiger partial charge in [-0.2, -0.15) is 4.91 Å². The number of hydrogen-bond acceptors (Lipinski definition) is 4. The largest absolute Gasteiger partial charge is 0.322 e. The fourth-order valence-electron chi connectivity index (χ4n) is 5.73. The molecule has 3 aromatic carbocycles. The van der Waals surface area contributed by atoms with E-state index in [-0.39, 0.29) is 22.9 Å². The molecule has 1 saturated carbocycles. The van der Waals surface area contributed by atoms with E-state index in [1.165, 1.54) is 12.1 Å². The zero-order chi connectivity index (χ0) is 25.3. The number of anilines is 2. The van der Waals surface area contributed by atoms with Gasteiger partial charge < -0.3 is 10.2 Å². The molecule has 1 heterocycles. The van der Waals surface area contributed by atoms with Crippen molar-refractivity contribution in [2.45, 2.75) is 45.1 Å². The third kappa shape index (κ3) is 4.41. The molecule has 2 atom stereocenters. The quantitative estimate of drug-likeness (QED) is 0.442. The average Bonchev–Trinajstić information content (AvgIpc) is 3.20. The number of benzene rings is 3. The Balaban J connectivity index is 1.36. The van der Waals surface area contributed by atoms with E-state index in [4.69, 9.17) is 0 Å². The molecule has 1 spiro atoms. The van der Waals surface area contributed by atoms with Crippen LogP contribution in [0.5, 0.6) is 0 Å². The predicted octanol–water partition coefficient (Wildman–Crippen LogP) is 6.28. The van der Waals surface area contributed by atoms with E-state index in [0.717, 1.165) is 43.4 Å². The fourth-order valence-corrected chi connectivity index (χ4v) is 5.73. The lowest BCUT2D eigenvalue weighted by atomic mass is 9.75. The number of rotatable bonds is 4. The molecule has 7 heteroatoms. The molecule has 36 heavy (non-hydrogen) atoms. The van der Waals surface area contributed by atoms with E-state index in [1.54, 1.807) is 42.2 Å². The van der Waals surface area contributed by atoms with Crippen LogP contribution in [0.2, 0.25) is 0 Å². The Morgan fingerprint density at radius 2 is 1.83 bits per heavy atom. The number of hydrogen-bond donors (Lipinski definition) is 1. The molecule has 2 aliphatic rings. The lowest BCUT2D eigenvalue weighted by Crippen LogP contribution is -2.35. The van der Waals surface area contributed by atoms with Gasteiger partial charge in [-0.3, -0.25) is 9.59 Å². The summed E-state index contributed by atoms with van der Waals surface area (Å²) in [4.78, 5) is 39.6. The summed E-state index contributed by atoms with van der Waals surface area (Å²) in [7, 11) is 0. The number of nitrogens with one attached hydrogen (secondary N) is 1. The van der Waals surface area contributed by atoms with Crippen molar-refractivity contribution >= 4 is 23.2 Å². The summed E-state index contributed by atoms with van der Waals surface area (Å²) in [6, 6.07) is 18.5. The highest BCUT2D eigenvalue weighted by Gasteiger charge is 2.46. The number of nitroso groups, excluding NO2 is 1. The number of para-hydroxylation sites is 1. The average molecular weight is 486 g/mol. The van der Waals surface area contributed by atoms with E-state index in [2.05, 4.69) is 10.5 Å². The first-order chi connectivity index (χ1) is 17.4. The minimum Gasteiger partial charge on any atom is -0.322 e. The fraction of sp³-hybridized carbons (Fsp3) is 0.310. The van der Waals surface area contributed by atoms with Gasteiger partial charge in [0.25, 0.3) is 11.8 Å². The third-order valence-corrected chi connectivity index (χ3v) is 7.72. The molecule has 2 amide bonds. The van der Waals surface area contributed by atoms with E-state index in [1.807, 2.05) is 24.3 Å². The standard InChI is InChI=1S/C29H28FN3O3/c1-19-8-11-22(30)17-24(19)27(34)31-23-12-9-20(10-13-23)28(35)33-16-15-29(14-4-7-26(29)32-36)18-21-5-2-3-6-25(21)33/h2-3,5-6,8-13,17,26H,4,7,14-16,18H2,1H3,(H,31,34). The second-order valence-electron chi connectivity index (χ2n) is 9.88. The van der Waals surface area contributed by atoms with E-state index < -0.39 is 11.7 Å². The predicted molar refractivity (Wildman–Crippen MR) is 138 cm³/mol. The van der Waals surface area contributed by atoms with Crippen LogP contribution >= 0.6 is 0 Å². The van der Waals surface area contributed by atoms with Gasteiger partial charge in [-0.1, -0.05) is 35.9 Å². The van der Waals surface area contributed by atoms with Gasteiger partial charge >= 0.3 is 0 Å². The zero-order valence-corrected chi connectivity index (χ0v) is 20.2.